The number of aryl methyl sites for hydroxylation is 1. The number of nitrogens with one attached hydrogen (secondary N) is 2. The molecular weight excluding hydrogens is 190 g/mol. The van der Waals surface area contributed by atoms with Crippen LogP contribution in [0.5, 0.6) is 0 Å². The molecule has 0 unspecified atom stereocenters. The Hall–Kier alpha value is -1.75. The summed E-state index contributed by atoms with van der Waals surface area (Å²) < 4.78 is 0. The quantitative estimate of drug-likeness (QED) is 0.771. The van der Waals surface area contributed by atoms with E-state index < -0.39 is 0 Å². The van der Waals surface area contributed by atoms with Gasteiger partial charge in [-0.1, -0.05) is 6.07 Å². The van der Waals surface area contributed by atoms with Crippen LogP contribution in [0.25, 0.3) is 0 Å². The highest BCUT2D eigenvalue weighted by atomic mass is 15.2. The van der Waals surface area contributed by atoms with Gasteiger partial charge in [0.25, 0.3) is 0 Å². The molecule has 0 aromatic carbocycles. The lowest BCUT2D eigenvalue weighted by Gasteiger charge is -2.02. The fourth-order valence-corrected chi connectivity index (χ4v) is 1.24. The number of aromatic amines is 1. The van der Waals surface area contributed by atoms with E-state index in [1.807, 2.05) is 19.2 Å². The topological polar surface area (TPSA) is 66.5 Å². The summed E-state index contributed by atoms with van der Waals surface area (Å²) in [6.07, 6.45) is 3.38. The van der Waals surface area contributed by atoms with Crippen LogP contribution in [0.15, 0.2) is 24.7 Å². The van der Waals surface area contributed by atoms with Gasteiger partial charge in [0.15, 0.2) is 0 Å². The first-order valence-corrected chi connectivity index (χ1v) is 4.81. The van der Waals surface area contributed by atoms with Crippen molar-refractivity contribution in [2.75, 3.05) is 0 Å². The molecule has 78 valence electrons. The second kappa shape index (κ2) is 4.65. The molecule has 0 saturated carbocycles. The SMILES string of the molecule is Cc1ccc(CNCc2ncn[nH]2)cn1. The number of hydrogen-bond acceptors (Lipinski definition) is 4. The second-order valence-corrected chi connectivity index (χ2v) is 3.34. The lowest BCUT2D eigenvalue weighted by atomic mass is 10.2. The number of hydrogen-bond donors (Lipinski definition) is 2. The fourth-order valence-electron chi connectivity index (χ4n) is 1.24. The van der Waals surface area contributed by atoms with Gasteiger partial charge in [-0.25, -0.2) is 4.98 Å². The van der Waals surface area contributed by atoms with Gasteiger partial charge < -0.3 is 5.32 Å². The predicted octanol–water partition coefficient (Wildman–Crippen LogP) is 0.798. The largest absolute Gasteiger partial charge is 0.306 e. The Morgan fingerprint density at radius 1 is 1.27 bits per heavy atom. The van der Waals surface area contributed by atoms with Gasteiger partial charge in [-0.15, -0.1) is 0 Å². The van der Waals surface area contributed by atoms with Crippen LogP contribution >= 0.6 is 0 Å². The van der Waals surface area contributed by atoms with Crippen LogP contribution in [0.4, 0.5) is 0 Å². The molecule has 2 rings (SSSR count). The third-order valence-electron chi connectivity index (χ3n) is 2.06. The van der Waals surface area contributed by atoms with Crippen molar-refractivity contribution in [1.82, 2.24) is 25.5 Å². The Bertz CT molecular complexity index is 392. The Kier molecular flexibility index (Phi) is 3.04. The van der Waals surface area contributed by atoms with Gasteiger partial charge in [-0.05, 0) is 18.6 Å². The molecule has 0 aliphatic heterocycles. The number of H-pyrrole nitrogens is 1. The van der Waals surface area contributed by atoms with Crippen LogP contribution in [-0.2, 0) is 13.1 Å². The highest BCUT2D eigenvalue weighted by Crippen LogP contribution is 1.98. The maximum Gasteiger partial charge on any atom is 0.138 e. The van der Waals surface area contributed by atoms with Crippen LogP contribution in [0.2, 0.25) is 0 Å². The van der Waals surface area contributed by atoms with Crippen LogP contribution in [0.1, 0.15) is 17.1 Å². The van der Waals surface area contributed by atoms with Crippen molar-refractivity contribution in [3.05, 3.63) is 41.7 Å². The summed E-state index contributed by atoms with van der Waals surface area (Å²) in [5.74, 6) is 0.843. The maximum atomic E-state index is 4.22. The summed E-state index contributed by atoms with van der Waals surface area (Å²) in [5, 5.41) is 9.81. The van der Waals surface area contributed by atoms with Crippen LogP contribution in [0.3, 0.4) is 0 Å². The Labute approximate surface area is 88.0 Å². The van der Waals surface area contributed by atoms with E-state index in [1.165, 1.54) is 11.9 Å². The average molecular weight is 203 g/mol. The van der Waals surface area contributed by atoms with Gasteiger partial charge in [0.1, 0.15) is 12.2 Å². The van der Waals surface area contributed by atoms with Gasteiger partial charge in [-0.2, -0.15) is 5.10 Å². The van der Waals surface area contributed by atoms with Gasteiger partial charge in [0.2, 0.25) is 0 Å². The minimum absolute atomic E-state index is 0.688. The Morgan fingerprint density at radius 3 is 2.87 bits per heavy atom. The van der Waals surface area contributed by atoms with E-state index in [2.05, 4.69) is 31.5 Å². The monoisotopic (exact) mass is 203 g/mol. The predicted molar refractivity (Wildman–Crippen MR) is 55.9 cm³/mol. The summed E-state index contributed by atoms with van der Waals surface area (Å²) in [5.41, 5.74) is 2.20. The van der Waals surface area contributed by atoms with Crippen molar-refractivity contribution in [2.45, 2.75) is 20.0 Å². The van der Waals surface area contributed by atoms with E-state index in [-0.39, 0.29) is 0 Å². The van der Waals surface area contributed by atoms with Crippen LogP contribution < -0.4 is 5.32 Å². The van der Waals surface area contributed by atoms with E-state index in [0.29, 0.717) is 6.54 Å². The third-order valence-corrected chi connectivity index (χ3v) is 2.06. The zero-order valence-corrected chi connectivity index (χ0v) is 8.57. The summed E-state index contributed by atoms with van der Waals surface area (Å²) in [6, 6.07) is 4.07. The smallest absolute Gasteiger partial charge is 0.138 e. The number of aromatic nitrogens is 4. The molecule has 0 aliphatic rings. The number of pyridine rings is 1. The van der Waals surface area contributed by atoms with E-state index in [4.69, 9.17) is 0 Å². The van der Waals surface area contributed by atoms with E-state index in [1.54, 1.807) is 0 Å². The second-order valence-electron chi connectivity index (χ2n) is 3.34. The van der Waals surface area contributed by atoms with E-state index in [9.17, 15) is 0 Å². The molecule has 5 nitrogen and oxygen atoms in total. The molecule has 0 amide bonds. The highest BCUT2D eigenvalue weighted by Gasteiger charge is 1.96. The first-order valence-electron chi connectivity index (χ1n) is 4.81. The van der Waals surface area contributed by atoms with Gasteiger partial charge in [0, 0.05) is 18.4 Å². The maximum absolute atomic E-state index is 4.22. The van der Waals surface area contributed by atoms with Gasteiger partial charge in [0.05, 0.1) is 6.54 Å². The van der Waals surface area contributed by atoms with Crippen molar-refractivity contribution < 1.29 is 0 Å². The average Bonchev–Trinajstić information content (AvgIpc) is 2.74. The zero-order valence-electron chi connectivity index (χ0n) is 8.57. The molecule has 2 aromatic heterocycles. The minimum atomic E-state index is 0.688. The molecule has 0 radical (unpaired) electrons. The fraction of sp³-hybridized carbons (Fsp3) is 0.300. The molecular formula is C10H13N5. The van der Waals surface area contributed by atoms with Crippen molar-refractivity contribution in [3.63, 3.8) is 0 Å². The molecule has 15 heavy (non-hydrogen) atoms. The number of rotatable bonds is 4. The molecule has 5 heteroatoms. The standard InChI is InChI=1S/C10H13N5/c1-8-2-3-9(5-12-8)4-11-6-10-13-7-14-15-10/h2-3,5,7,11H,4,6H2,1H3,(H,13,14,15). The lowest BCUT2D eigenvalue weighted by molar-refractivity contribution is 0.663. The Morgan fingerprint density at radius 2 is 2.20 bits per heavy atom. The van der Waals surface area contributed by atoms with E-state index in [0.717, 1.165) is 18.1 Å². The van der Waals surface area contributed by atoms with Crippen molar-refractivity contribution >= 4 is 0 Å². The highest BCUT2D eigenvalue weighted by molar-refractivity contribution is 5.12. The molecule has 2 N–H and O–H groups in total. The molecule has 2 heterocycles. The van der Waals surface area contributed by atoms with Crippen LogP contribution in [-0.4, -0.2) is 20.2 Å². The molecule has 0 aliphatic carbocycles. The molecule has 2 aromatic rings. The lowest BCUT2D eigenvalue weighted by Crippen LogP contribution is -2.13. The first-order chi connectivity index (χ1) is 7.34. The molecule has 0 bridgehead atoms. The minimum Gasteiger partial charge on any atom is -0.306 e. The summed E-state index contributed by atoms with van der Waals surface area (Å²) >= 11 is 0. The Balaban J connectivity index is 1.81. The van der Waals surface area contributed by atoms with Gasteiger partial charge in [-0.3, -0.25) is 10.1 Å². The first kappa shape index (κ1) is 9.79. The molecule has 0 fully saturated rings. The molecule has 0 spiro atoms. The van der Waals surface area contributed by atoms with Crippen molar-refractivity contribution in [3.8, 4) is 0 Å². The summed E-state index contributed by atoms with van der Waals surface area (Å²) in [6.45, 7) is 3.45. The summed E-state index contributed by atoms with van der Waals surface area (Å²) in [7, 11) is 0. The van der Waals surface area contributed by atoms with E-state index >= 15 is 0 Å². The normalized spacial score (nSPS) is 10.5. The number of nitrogens with zero attached hydrogens (tertiary/aromatic N) is 3. The van der Waals surface area contributed by atoms with Gasteiger partial charge >= 0.3 is 0 Å². The molecule has 0 saturated heterocycles. The van der Waals surface area contributed by atoms with Crippen molar-refractivity contribution in [2.24, 2.45) is 0 Å². The third kappa shape index (κ3) is 2.85. The molecule has 0 atom stereocenters. The zero-order chi connectivity index (χ0) is 10.5. The van der Waals surface area contributed by atoms with Crippen LogP contribution in [0, 0.1) is 6.92 Å². The van der Waals surface area contributed by atoms with Crippen molar-refractivity contribution in [1.29, 1.82) is 0 Å². The summed E-state index contributed by atoms with van der Waals surface area (Å²) in [4.78, 5) is 8.24.